The number of H-pyrrole nitrogens is 1. The molecule has 0 atom stereocenters. The van der Waals surface area contributed by atoms with Crippen LogP contribution in [0.4, 0.5) is 0 Å². The molecule has 6 nitrogen and oxygen atoms in total. The highest BCUT2D eigenvalue weighted by Gasteiger charge is 2.23. The van der Waals surface area contributed by atoms with Gasteiger partial charge >= 0.3 is 0 Å². The summed E-state index contributed by atoms with van der Waals surface area (Å²) in [7, 11) is 0. The molecule has 3 aromatic heterocycles. The predicted octanol–water partition coefficient (Wildman–Crippen LogP) is 3.61. The zero-order chi connectivity index (χ0) is 17.4. The lowest BCUT2D eigenvalue weighted by Crippen LogP contribution is -2.38. The van der Waals surface area contributed by atoms with Crippen molar-refractivity contribution >= 4 is 37.9 Å². The van der Waals surface area contributed by atoms with Gasteiger partial charge < -0.3 is 14.6 Å². The van der Waals surface area contributed by atoms with Gasteiger partial charge in [-0.25, -0.2) is 9.97 Å². The van der Waals surface area contributed by atoms with E-state index in [0.29, 0.717) is 11.4 Å². The van der Waals surface area contributed by atoms with E-state index in [1.807, 2.05) is 6.07 Å². The maximum Gasteiger partial charge on any atom is 0.183 e. The molecule has 1 fully saturated rings. The summed E-state index contributed by atoms with van der Waals surface area (Å²) < 4.78 is 7.20. The summed E-state index contributed by atoms with van der Waals surface area (Å²) in [4.78, 5) is 14.4. The van der Waals surface area contributed by atoms with Gasteiger partial charge in [-0.15, -0.1) is 0 Å². The Morgan fingerprint density at radius 1 is 1.36 bits per heavy atom. The third-order valence-electron chi connectivity index (χ3n) is 4.78. The molecule has 1 N–H and O–H groups in total. The molecule has 25 heavy (non-hydrogen) atoms. The van der Waals surface area contributed by atoms with Gasteiger partial charge in [0.1, 0.15) is 17.8 Å². The Balaban J connectivity index is 1.79. The molecule has 0 bridgehead atoms. The van der Waals surface area contributed by atoms with E-state index in [0.717, 1.165) is 58.9 Å². The largest absolute Gasteiger partial charge is 0.487 e. The minimum absolute atomic E-state index is 0.104. The summed E-state index contributed by atoms with van der Waals surface area (Å²) in [5.41, 5.74) is 1.92. The minimum Gasteiger partial charge on any atom is -0.487 e. The van der Waals surface area contributed by atoms with E-state index in [-0.39, 0.29) is 6.10 Å². The number of ether oxygens (including phenoxy) is 1. The van der Waals surface area contributed by atoms with Gasteiger partial charge in [0.2, 0.25) is 0 Å². The van der Waals surface area contributed by atoms with Crippen LogP contribution in [0.25, 0.3) is 21.9 Å². The van der Waals surface area contributed by atoms with Crippen LogP contribution in [-0.4, -0.2) is 45.6 Å². The molecule has 0 amide bonds. The summed E-state index contributed by atoms with van der Waals surface area (Å²) in [6.45, 7) is 5.28. The molecule has 7 heteroatoms. The molecule has 128 valence electrons. The molecule has 0 radical (unpaired) electrons. The third-order valence-corrected chi connectivity index (χ3v) is 5.22. The maximum absolute atomic E-state index is 9.52. The van der Waals surface area contributed by atoms with Crippen molar-refractivity contribution in [3.05, 3.63) is 28.6 Å². The van der Waals surface area contributed by atoms with Crippen LogP contribution in [0.1, 0.15) is 25.5 Å². The highest BCUT2D eigenvalue weighted by atomic mass is 79.9. The van der Waals surface area contributed by atoms with Gasteiger partial charge in [-0.05, 0) is 41.4 Å². The SMILES string of the molecule is CCN1CCC(Oc2c(C#N)ncc3[nH]c4ncc(Br)cc4c23)CC1. The summed E-state index contributed by atoms with van der Waals surface area (Å²) in [5.74, 6) is 0.570. The van der Waals surface area contributed by atoms with Gasteiger partial charge in [-0.1, -0.05) is 6.92 Å². The molecule has 0 spiro atoms. The van der Waals surface area contributed by atoms with Crippen LogP contribution in [0, 0.1) is 11.3 Å². The number of piperidine rings is 1. The zero-order valence-corrected chi connectivity index (χ0v) is 15.5. The molecule has 1 saturated heterocycles. The predicted molar refractivity (Wildman–Crippen MR) is 99.6 cm³/mol. The number of nitriles is 1. The van der Waals surface area contributed by atoms with Crippen molar-refractivity contribution in [2.75, 3.05) is 19.6 Å². The van der Waals surface area contributed by atoms with Crippen LogP contribution in [0.3, 0.4) is 0 Å². The number of fused-ring (bicyclic) bond motifs is 3. The van der Waals surface area contributed by atoms with Gasteiger partial charge in [0.05, 0.1) is 17.1 Å². The number of halogens is 1. The Morgan fingerprint density at radius 3 is 2.88 bits per heavy atom. The Hall–Kier alpha value is -2.17. The Labute approximate surface area is 153 Å². The van der Waals surface area contributed by atoms with Gasteiger partial charge in [-0.3, -0.25) is 0 Å². The highest BCUT2D eigenvalue weighted by Crippen LogP contribution is 2.36. The van der Waals surface area contributed by atoms with Crippen molar-refractivity contribution < 1.29 is 4.74 Å². The van der Waals surface area contributed by atoms with Crippen molar-refractivity contribution in [1.82, 2.24) is 19.9 Å². The van der Waals surface area contributed by atoms with Gasteiger partial charge in [0.25, 0.3) is 0 Å². The van der Waals surface area contributed by atoms with Crippen molar-refractivity contribution in [1.29, 1.82) is 5.26 Å². The fraction of sp³-hybridized carbons (Fsp3) is 0.389. The molecule has 4 heterocycles. The van der Waals surface area contributed by atoms with Crippen LogP contribution in [-0.2, 0) is 0 Å². The van der Waals surface area contributed by atoms with E-state index >= 15 is 0 Å². The van der Waals surface area contributed by atoms with Gasteiger partial charge in [0, 0.05) is 29.1 Å². The minimum atomic E-state index is 0.104. The standard InChI is InChI=1S/C18H18BrN5O/c1-2-24-5-3-12(4-6-24)25-17-14(8-20)21-10-15-16(17)13-7-11(19)9-22-18(13)23-15/h7,9-10,12H,2-6H2,1H3,(H,22,23). The first kappa shape index (κ1) is 16.3. The summed E-state index contributed by atoms with van der Waals surface area (Å²) in [6.07, 6.45) is 5.44. The average Bonchev–Trinajstić information content (AvgIpc) is 3.00. The van der Waals surface area contributed by atoms with E-state index < -0.39 is 0 Å². The molecular weight excluding hydrogens is 382 g/mol. The van der Waals surface area contributed by atoms with Gasteiger partial charge in [-0.2, -0.15) is 5.26 Å². The lowest BCUT2D eigenvalue weighted by atomic mass is 10.1. The molecule has 0 saturated carbocycles. The average molecular weight is 400 g/mol. The van der Waals surface area contributed by atoms with Crippen LogP contribution in [0.15, 0.2) is 22.9 Å². The van der Waals surface area contributed by atoms with E-state index in [2.05, 4.69) is 48.8 Å². The smallest absolute Gasteiger partial charge is 0.183 e. The quantitative estimate of drug-likeness (QED) is 0.727. The van der Waals surface area contributed by atoms with Crippen LogP contribution < -0.4 is 4.74 Å². The first-order valence-electron chi connectivity index (χ1n) is 8.44. The number of rotatable bonds is 3. The molecule has 1 aliphatic rings. The van der Waals surface area contributed by atoms with E-state index in [1.165, 1.54) is 0 Å². The summed E-state index contributed by atoms with van der Waals surface area (Å²) in [6, 6.07) is 4.17. The van der Waals surface area contributed by atoms with E-state index in [4.69, 9.17) is 4.74 Å². The lowest BCUT2D eigenvalue weighted by Gasteiger charge is -2.31. The van der Waals surface area contributed by atoms with Crippen LogP contribution >= 0.6 is 15.9 Å². The Morgan fingerprint density at radius 2 is 2.16 bits per heavy atom. The van der Waals surface area contributed by atoms with E-state index in [9.17, 15) is 5.26 Å². The number of nitrogens with zero attached hydrogens (tertiary/aromatic N) is 4. The molecule has 0 aliphatic carbocycles. The lowest BCUT2D eigenvalue weighted by molar-refractivity contribution is 0.104. The topological polar surface area (TPSA) is 77.8 Å². The fourth-order valence-electron chi connectivity index (χ4n) is 3.42. The number of aromatic amines is 1. The fourth-order valence-corrected chi connectivity index (χ4v) is 3.75. The Bertz CT molecular complexity index is 969. The zero-order valence-electron chi connectivity index (χ0n) is 13.9. The number of hydrogen-bond donors (Lipinski definition) is 1. The number of nitrogens with one attached hydrogen (secondary N) is 1. The maximum atomic E-state index is 9.52. The normalized spacial score (nSPS) is 16.4. The highest BCUT2D eigenvalue weighted by molar-refractivity contribution is 9.10. The second-order valence-corrected chi connectivity index (χ2v) is 7.18. The third kappa shape index (κ3) is 2.96. The second kappa shape index (κ2) is 6.62. The molecule has 3 aromatic rings. The molecular formula is C18H18BrN5O. The molecule has 0 aromatic carbocycles. The van der Waals surface area contributed by atoms with Crippen molar-refractivity contribution in [2.24, 2.45) is 0 Å². The van der Waals surface area contributed by atoms with Crippen LogP contribution in [0.5, 0.6) is 5.75 Å². The number of likely N-dealkylation sites (tertiary alicyclic amines) is 1. The first-order chi connectivity index (χ1) is 12.2. The van der Waals surface area contributed by atoms with Crippen molar-refractivity contribution in [3.63, 3.8) is 0 Å². The Kier molecular flexibility index (Phi) is 4.32. The molecule has 1 aliphatic heterocycles. The second-order valence-electron chi connectivity index (χ2n) is 6.26. The molecule has 4 rings (SSSR count). The van der Waals surface area contributed by atoms with E-state index in [1.54, 1.807) is 12.4 Å². The summed E-state index contributed by atoms with van der Waals surface area (Å²) in [5, 5.41) is 11.3. The van der Waals surface area contributed by atoms with Gasteiger partial charge in [0.15, 0.2) is 11.4 Å². The number of hydrogen-bond acceptors (Lipinski definition) is 5. The number of aromatic nitrogens is 3. The van der Waals surface area contributed by atoms with Crippen LogP contribution in [0.2, 0.25) is 0 Å². The first-order valence-corrected chi connectivity index (χ1v) is 9.24. The monoisotopic (exact) mass is 399 g/mol. The van der Waals surface area contributed by atoms with Crippen molar-refractivity contribution in [3.8, 4) is 11.8 Å². The van der Waals surface area contributed by atoms with Crippen molar-refractivity contribution in [2.45, 2.75) is 25.9 Å². The number of pyridine rings is 2. The summed E-state index contributed by atoms with van der Waals surface area (Å²) >= 11 is 3.47. The molecule has 0 unspecified atom stereocenters.